The van der Waals surface area contributed by atoms with Crippen LogP contribution in [0.4, 0.5) is 0 Å². The minimum absolute atomic E-state index is 0.138. The average molecular weight is 336 g/mol. The molecule has 1 aliphatic heterocycles. The van der Waals surface area contributed by atoms with Crippen molar-refractivity contribution < 1.29 is 13.2 Å². The fourth-order valence-corrected chi connectivity index (χ4v) is 4.53. The lowest BCUT2D eigenvalue weighted by atomic mass is 9.67. The second-order valence-corrected chi connectivity index (χ2v) is 8.84. The van der Waals surface area contributed by atoms with Crippen molar-refractivity contribution in [2.24, 2.45) is 11.3 Å². The van der Waals surface area contributed by atoms with Gasteiger partial charge in [-0.05, 0) is 43.0 Å². The summed E-state index contributed by atoms with van der Waals surface area (Å²) in [6, 6.07) is 6.71. The fourth-order valence-electron chi connectivity index (χ4n) is 3.90. The van der Waals surface area contributed by atoms with Gasteiger partial charge >= 0.3 is 0 Å². The fraction of sp³-hybridized carbons (Fsp3) is 0.588. The van der Waals surface area contributed by atoms with Crippen molar-refractivity contribution in [1.82, 2.24) is 10.6 Å². The normalized spacial score (nSPS) is 27.4. The van der Waals surface area contributed by atoms with Crippen LogP contribution in [0.25, 0.3) is 0 Å². The number of hydrogen-bond acceptors (Lipinski definition) is 4. The summed E-state index contributed by atoms with van der Waals surface area (Å²) < 4.78 is 22.9. The maximum Gasteiger partial charge on any atom is 0.228 e. The average Bonchev–Trinajstić information content (AvgIpc) is 2.97. The zero-order valence-corrected chi connectivity index (χ0v) is 14.3. The van der Waals surface area contributed by atoms with E-state index in [1.165, 1.54) is 12.7 Å². The molecule has 1 aliphatic carbocycles. The first-order valence-corrected chi connectivity index (χ1v) is 10.1. The molecule has 5 nitrogen and oxygen atoms in total. The van der Waals surface area contributed by atoms with E-state index in [4.69, 9.17) is 0 Å². The van der Waals surface area contributed by atoms with Crippen molar-refractivity contribution in [3.8, 4) is 0 Å². The van der Waals surface area contributed by atoms with Crippen LogP contribution in [0.5, 0.6) is 0 Å². The molecule has 1 saturated carbocycles. The molecular weight excluding hydrogens is 312 g/mol. The molecule has 126 valence electrons. The Kier molecular flexibility index (Phi) is 4.47. The van der Waals surface area contributed by atoms with Gasteiger partial charge in [0.05, 0.1) is 10.3 Å². The van der Waals surface area contributed by atoms with Crippen LogP contribution in [0.2, 0.25) is 0 Å². The van der Waals surface area contributed by atoms with Crippen molar-refractivity contribution in [2.45, 2.75) is 37.1 Å². The third-order valence-corrected chi connectivity index (χ3v) is 6.42. The van der Waals surface area contributed by atoms with Crippen LogP contribution in [0.3, 0.4) is 0 Å². The summed E-state index contributed by atoms with van der Waals surface area (Å²) in [5.74, 6) is 0.586. The van der Waals surface area contributed by atoms with Crippen LogP contribution in [0, 0.1) is 11.3 Å². The molecule has 6 heteroatoms. The molecular formula is C17H24N2O3S. The molecule has 2 atom stereocenters. The highest BCUT2D eigenvalue weighted by molar-refractivity contribution is 7.90. The molecule has 23 heavy (non-hydrogen) atoms. The molecule has 0 bridgehead atoms. The SMILES string of the molecule is CS(=O)(=O)c1ccc(CNC(=O)[C@@]23CCCC[C@H]2CNC3)cc1. The Morgan fingerprint density at radius 1 is 1.30 bits per heavy atom. The monoisotopic (exact) mass is 336 g/mol. The first kappa shape index (κ1) is 16.5. The molecule has 2 N–H and O–H groups in total. The van der Waals surface area contributed by atoms with Gasteiger partial charge in [-0.25, -0.2) is 8.42 Å². The highest BCUT2D eigenvalue weighted by Gasteiger charge is 2.49. The number of sulfone groups is 1. The lowest BCUT2D eigenvalue weighted by Gasteiger charge is -2.37. The first-order chi connectivity index (χ1) is 10.9. The Bertz CT molecular complexity index is 684. The first-order valence-electron chi connectivity index (χ1n) is 8.20. The van der Waals surface area contributed by atoms with E-state index < -0.39 is 9.84 Å². The van der Waals surface area contributed by atoms with Crippen LogP contribution in [-0.4, -0.2) is 33.7 Å². The number of rotatable bonds is 4. The van der Waals surface area contributed by atoms with Gasteiger partial charge in [-0.3, -0.25) is 4.79 Å². The zero-order chi connectivity index (χ0) is 16.5. The Morgan fingerprint density at radius 2 is 2.04 bits per heavy atom. The van der Waals surface area contributed by atoms with Crippen molar-refractivity contribution in [2.75, 3.05) is 19.3 Å². The molecule has 0 unspecified atom stereocenters. The molecule has 0 radical (unpaired) electrons. The molecule has 1 amide bonds. The Hall–Kier alpha value is -1.40. The number of carbonyl (C=O) groups excluding carboxylic acids is 1. The third kappa shape index (κ3) is 3.28. The van der Waals surface area contributed by atoms with E-state index >= 15 is 0 Å². The van der Waals surface area contributed by atoms with E-state index in [9.17, 15) is 13.2 Å². The minimum atomic E-state index is -3.18. The highest BCUT2D eigenvalue weighted by Crippen LogP contribution is 2.43. The minimum Gasteiger partial charge on any atom is -0.351 e. The van der Waals surface area contributed by atoms with E-state index in [1.54, 1.807) is 24.3 Å². The zero-order valence-electron chi connectivity index (χ0n) is 13.5. The number of amides is 1. The van der Waals surface area contributed by atoms with Crippen LogP contribution in [0.1, 0.15) is 31.2 Å². The number of carbonyl (C=O) groups is 1. The summed E-state index contributed by atoms with van der Waals surface area (Å²) in [6.45, 7) is 2.16. The Balaban J connectivity index is 1.65. The molecule has 1 heterocycles. The van der Waals surface area contributed by atoms with Gasteiger partial charge in [0.15, 0.2) is 9.84 Å². The van der Waals surface area contributed by atoms with Crippen molar-refractivity contribution in [3.05, 3.63) is 29.8 Å². The van der Waals surface area contributed by atoms with Crippen molar-refractivity contribution in [3.63, 3.8) is 0 Å². The van der Waals surface area contributed by atoms with Crippen LogP contribution in [0.15, 0.2) is 29.2 Å². The Labute approximate surface area is 137 Å². The lowest BCUT2D eigenvalue weighted by Crippen LogP contribution is -2.47. The van der Waals surface area contributed by atoms with Crippen LogP contribution in [-0.2, 0) is 21.2 Å². The predicted molar refractivity (Wildman–Crippen MR) is 88.7 cm³/mol. The van der Waals surface area contributed by atoms with Gasteiger partial charge < -0.3 is 10.6 Å². The quantitative estimate of drug-likeness (QED) is 0.873. The van der Waals surface area contributed by atoms with Gasteiger partial charge in [0.1, 0.15) is 0 Å². The van der Waals surface area contributed by atoms with Gasteiger partial charge in [-0.15, -0.1) is 0 Å². The van der Waals surface area contributed by atoms with E-state index in [0.29, 0.717) is 17.4 Å². The van der Waals surface area contributed by atoms with Crippen molar-refractivity contribution in [1.29, 1.82) is 0 Å². The number of nitrogens with one attached hydrogen (secondary N) is 2. The largest absolute Gasteiger partial charge is 0.351 e. The van der Waals surface area contributed by atoms with E-state index in [-0.39, 0.29) is 11.3 Å². The smallest absolute Gasteiger partial charge is 0.228 e. The molecule has 0 spiro atoms. The highest BCUT2D eigenvalue weighted by atomic mass is 32.2. The van der Waals surface area contributed by atoms with Gasteiger partial charge in [0.2, 0.25) is 5.91 Å². The van der Waals surface area contributed by atoms with Gasteiger partial charge in [0.25, 0.3) is 0 Å². The van der Waals surface area contributed by atoms with Crippen molar-refractivity contribution >= 4 is 15.7 Å². The summed E-state index contributed by atoms with van der Waals surface area (Å²) in [5, 5.41) is 6.44. The number of fused-ring (bicyclic) bond motifs is 1. The molecule has 2 fully saturated rings. The van der Waals surface area contributed by atoms with Gasteiger partial charge in [-0.2, -0.15) is 0 Å². The van der Waals surface area contributed by atoms with Crippen LogP contribution < -0.4 is 10.6 Å². The predicted octanol–water partition coefficient (Wildman–Crippen LogP) is 1.49. The molecule has 1 aromatic rings. The third-order valence-electron chi connectivity index (χ3n) is 5.29. The molecule has 1 aromatic carbocycles. The standard InChI is InChI=1S/C17H24N2O3S/c1-23(21,22)15-7-5-13(6-8-15)10-19-16(20)17-9-3-2-4-14(17)11-18-12-17/h5-8,14,18H,2-4,9-12H2,1H3,(H,19,20)/t14-,17+/m0/s1. The second kappa shape index (κ2) is 6.24. The van der Waals surface area contributed by atoms with Gasteiger partial charge in [0, 0.05) is 19.3 Å². The maximum atomic E-state index is 12.8. The number of benzene rings is 1. The molecule has 3 rings (SSSR count). The summed E-state index contributed by atoms with van der Waals surface area (Å²) in [5.41, 5.74) is 0.672. The van der Waals surface area contributed by atoms with Crippen LogP contribution >= 0.6 is 0 Å². The maximum absolute atomic E-state index is 12.8. The summed E-state index contributed by atoms with van der Waals surface area (Å²) >= 11 is 0. The number of hydrogen-bond donors (Lipinski definition) is 2. The summed E-state index contributed by atoms with van der Waals surface area (Å²) in [4.78, 5) is 13.1. The molecule has 0 aromatic heterocycles. The van der Waals surface area contributed by atoms with E-state index in [0.717, 1.165) is 37.9 Å². The summed E-state index contributed by atoms with van der Waals surface area (Å²) in [6.07, 6.45) is 5.62. The molecule has 1 saturated heterocycles. The topological polar surface area (TPSA) is 75.3 Å². The molecule has 2 aliphatic rings. The van der Waals surface area contributed by atoms with E-state index in [2.05, 4.69) is 10.6 Å². The summed E-state index contributed by atoms with van der Waals surface area (Å²) in [7, 11) is -3.18. The van der Waals surface area contributed by atoms with Gasteiger partial charge in [-0.1, -0.05) is 25.0 Å². The second-order valence-electron chi connectivity index (χ2n) is 6.83. The Morgan fingerprint density at radius 3 is 2.74 bits per heavy atom. The van der Waals surface area contributed by atoms with E-state index in [1.807, 2.05) is 0 Å². The lowest BCUT2D eigenvalue weighted by molar-refractivity contribution is -0.134.